The third kappa shape index (κ3) is 3.96. The summed E-state index contributed by atoms with van der Waals surface area (Å²) in [7, 11) is 0. The molecule has 6 heteroatoms. The number of nitrogens with one attached hydrogen (secondary N) is 2. The molecule has 128 valence electrons. The molecule has 0 aliphatic carbocycles. The minimum atomic E-state index is -0.776. The molecule has 1 aliphatic heterocycles. The predicted octanol–water partition coefficient (Wildman–Crippen LogP) is 2.82. The van der Waals surface area contributed by atoms with E-state index in [2.05, 4.69) is 31.8 Å². The zero-order valence-corrected chi connectivity index (χ0v) is 15.3. The summed E-state index contributed by atoms with van der Waals surface area (Å²) in [5.41, 5.74) is 5.08. The Labute approximate surface area is 154 Å². The molecule has 2 amide bonds. The minimum absolute atomic E-state index is 0.185. The van der Waals surface area contributed by atoms with Crippen LogP contribution >= 0.6 is 15.9 Å². The fraction of sp³-hybridized carbons (Fsp3) is 0.211. The first-order valence-electron chi connectivity index (χ1n) is 7.99. The molecule has 0 spiro atoms. The molecule has 0 aromatic heterocycles. The Morgan fingerprint density at radius 2 is 1.96 bits per heavy atom. The molecule has 1 saturated heterocycles. The van der Waals surface area contributed by atoms with Crippen LogP contribution < -0.4 is 10.7 Å². The van der Waals surface area contributed by atoms with Gasteiger partial charge < -0.3 is 5.32 Å². The Morgan fingerprint density at radius 1 is 1.20 bits per heavy atom. The van der Waals surface area contributed by atoms with Gasteiger partial charge in [-0.25, -0.2) is 5.43 Å². The summed E-state index contributed by atoms with van der Waals surface area (Å²) in [5.74, 6) is -1.61. The molecular weight excluding hydrogens is 382 g/mol. The molecule has 0 saturated carbocycles. The highest BCUT2D eigenvalue weighted by Gasteiger charge is 2.40. The van der Waals surface area contributed by atoms with E-state index < -0.39 is 11.8 Å². The summed E-state index contributed by atoms with van der Waals surface area (Å²) in [4.78, 5) is 24.7. The number of carbonyl (C=O) groups is 2. The van der Waals surface area contributed by atoms with Crippen LogP contribution in [0, 0.1) is 5.92 Å². The first kappa shape index (κ1) is 17.4. The first-order chi connectivity index (χ1) is 12.1. The maximum atomic E-state index is 12.6. The molecule has 5 nitrogen and oxygen atoms in total. The maximum absolute atomic E-state index is 12.6. The fourth-order valence-electron chi connectivity index (χ4n) is 2.92. The van der Waals surface area contributed by atoms with Gasteiger partial charge in [-0.15, -0.1) is 0 Å². The Bertz CT molecular complexity index is 820. The topological polar surface area (TPSA) is 70.6 Å². The van der Waals surface area contributed by atoms with Crippen molar-refractivity contribution in [3.8, 4) is 0 Å². The Kier molecular flexibility index (Phi) is 5.28. The lowest BCUT2D eigenvalue weighted by Gasteiger charge is -2.15. The molecule has 0 radical (unpaired) electrons. The monoisotopic (exact) mass is 399 g/mol. The van der Waals surface area contributed by atoms with Crippen molar-refractivity contribution in [2.24, 2.45) is 11.0 Å². The van der Waals surface area contributed by atoms with Gasteiger partial charge in [0.25, 0.3) is 5.91 Å². The Morgan fingerprint density at radius 3 is 2.68 bits per heavy atom. The van der Waals surface area contributed by atoms with Gasteiger partial charge in [0.1, 0.15) is 5.92 Å². The zero-order chi connectivity index (χ0) is 17.8. The highest BCUT2D eigenvalue weighted by atomic mass is 79.9. The maximum Gasteiger partial charge on any atom is 0.253 e. The number of hydrogen-bond donors (Lipinski definition) is 2. The average Bonchev–Trinajstić information content (AvgIpc) is 3.02. The highest BCUT2D eigenvalue weighted by molar-refractivity contribution is 9.10. The largest absolute Gasteiger partial charge is 0.355 e. The van der Waals surface area contributed by atoms with E-state index in [1.54, 1.807) is 0 Å². The molecule has 1 aliphatic rings. The third-order valence-electron chi connectivity index (χ3n) is 4.27. The van der Waals surface area contributed by atoms with Crippen molar-refractivity contribution in [2.75, 3.05) is 6.54 Å². The van der Waals surface area contributed by atoms with E-state index in [9.17, 15) is 9.59 Å². The van der Waals surface area contributed by atoms with Crippen molar-refractivity contribution < 1.29 is 9.59 Å². The number of benzene rings is 2. The number of rotatable bonds is 4. The number of carbonyl (C=O) groups excluding carboxylic acids is 2. The average molecular weight is 400 g/mol. The van der Waals surface area contributed by atoms with Gasteiger partial charge in [-0.05, 0) is 30.2 Å². The fourth-order valence-corrected chi connectivity index (χ4v) is 3.32. The second kappa shape index (κ2) is 7.61. The van der Waals surface area contributed by atoms with Crippen molar-refractivity contribution in [1.82, 2.24) is 10.7 Å². The lowest BCUT2D eigenvalue weighted by atomic mass is 9.88. The molecule has 2 aromatic carbocycles. The van der Waals surface area contributed by atoms with E-state index in [1.165, 1.54) is 0 Å². The van der Waals surface area contributed by atoms with Crippen molar-refractivity contribution in [1.29, 1.82) is 0 Å². The van der Waals surface area contributed by atoms with Gasteiger partial charge in [-0.1, -0.05) is 58.4 Å². The molecule has 25 heavy (non-hydrogen) atoms. The number of halogens is 1. The van der Waals surface area contributed by atoms with Crippen LogP contribution in [0.15, 0.2) is 64.2 Å². The van der Waals surface area contributed by atoms with Crippen molar-refractivity contribution in [3.05, 3.63) is 70.2 Å². The van der Waals surface area contributed by atoms with Gasteiger partial charge in [0.2, 0.25) is 5.91 Å². The van der Waals surface area contributed by atoms with Crippen LogP contribution in [0.4, 0.5) is 0 Å². The van der Waals surface area contributed by atoms with Crippen LogP contribution in [-0.2, 0) is 9.59 Å². The van der Waals surface area contributed by atoms with E-state index in [0.29, 0.717) is 12.3 Å². The van der Waals surface area contributed by atoms with Gasteiger partial charge in [-0.2, -0.15) is 5.10 Å². The van der Waals surface area contributed by atoms with Gasteiger partial charge >= 0.3 is 0 Å². The molecule has 1 fully saturated rings. The van der Waals surface area contributed by atoms with E-state index in [4.69, 9.17) is 0 Å². The summed E-state index contributed by atoms with van der Waals surface area (Å²) in [5, 5.41) is 6.93. The van der Waals surface area contributed by atoms with E-state index >= 15 is 0 Å². The van der Waals surface area contributed by atoms with Crippen LogP contribution in [-0.4, -0.2) is 24.1 Å². The number of amides is 2. The summed E-state index contributed by atoms with van der Waals surface area (Å²) < 4.78 is 0.935. The van der Waals surface area contributed by atoms with E-state index in [0.717, 1.165) is 15.6 Å². The van der Waals surface area contributed by atoms with Crippen molar-refractivity contribution >= 4 is 33.5 Å². The predicted molar refractivity (Wildman–Crippen MR) is 100 cm³/mol. The number of hydrogen-bond acceptors (Lipinski definition) is 3. The zero-order valence-electron chi connectivity index (χ0n) is 13.7. The van der Waals surface area contributed by atoms with E-state index in [-0.39, 0.29) is 11.8 Å². The van der Waals surface area contributed by atoms with Gasteiger partial charge in [0.15, 0.2) is 0 Å². The van der Waals surface area contributed by atoms with Gasteiger partial charge in [-0.3, -0.25) is 9.59 Å². The van der Waals surface area contributed by atoms with Crippen LogP contribution in [0.5, 0.6) is 0 Å². The van der Waals surface area contributed by atoms with E-state index in [1.807, 2.05) is 61.5 Å². The van der Waals surface area contributed by atoms with Crippen LogP contribution in [0.2, 0.25) is 0 Å². The second-order valence-corrected chi connectivity index (χ2v) is 6.84. The molecule has 2 atom stereocenters. The number of nitrogens with zero attached hydrogens (tertiary/aromatic N) is 1. The summed E-state index contributed by atoms with van der Waals surface area (Å²) >= 11 is 3.41. The van der Waals surface area contributed by atoms with Crippen molar-refractivity contribution in [3.63, 3.8) is 0 Å². The quantitative estimate of drug-likeness (QED) is 0.471. The normalized spacial score (nSPS) is 20.2. The van der Waals surface area contributed by atoms with Crippen LogP contribution in [0.1, 0.15) is 24.0 Å². The van der Waals surface area contributed by atoms with Gasteiger partial charge in [0, 0.05) is 16.9 Å². The Hall–Kier alpha value is -2.47. The third-order valence-corrected chi connectivity index (χ3v) is 4.76. The molecule has 2 aromatic rings. The van der Waals surface area contributed by atoms with Crippen LogP contribution in [0.3, 0.4) is 0 Å². The molecule has 0 bridgehead atoms. The summed E-state index contributed by atoms with van der Waals surface area (Å²) in [6, 6.07) is 17.2. The molecule has 0 unspecified atom stereocenters. The van der Waals surface area contributed by atoms with Crippen molar-refractivity contribution in [2.45, 2.75) is 12.8 Å². The smallest absolute Gasteiger partial charge is 0.253 e. The van der Waals surface area contributed by atoms with Gasteiger partial charge in [0.05, 0.1) is 5.71 Å². The summed E-state index contributed by atoms with van der Waals surface area (Å²) in [6.07, 6.45) is 0. The molecule has 2 N–H and O–H groups in total. The lowest BCUT2D eigenvalue weighted by Crippen LogP contribution is -2.35. The highest BCUT2D eigenvalue weighted by Crippen LogP contribution is 2.29. The number of hydrazone groups is 1. The molecule has 3 rings (SSSR count). The van der Waals surface area contributed by atoms with Crippen LogP contribution in [0.25, 0.3) is 0 Å². The minimum Gasteiger partial charge on any atom is -0.355 e. The summed E-state index contributed by atoms with van der Waals surface area (Å²) in [6.45, 7) is 2.26. The lowest BCUT2D eigenvalue weighted by molar-refractivity contribution is -0.133. The Balaban J connectivity index is 1.75. The SMILES string of the molecule is C/C(=N/NC(=O)[C@@H]1C(=O)NC[C@H]1c1ccccc1)c1cccc(Br)c1. The first-order valence-corrected chi connectivity index (χ1v) is 8.78. The standard InChI is InChI=1S/C19H18BrN3O2/c1-12(14-8-5-9-15(20)10-14)22-23-19(25)17-16(11-21-18(17)24)13-6-3-2-4-7-13/h2-10,16-17H,11H2,1H3,(H,21,24)(H,23,25)/b22-12-/t16-,17-/m0/s1. The second-order valence-electron chi connectivity index (χ2n) is 5.92. The molecule has 1 heterocycles. The molecular formula is C19H18BrN3O2.